The van der Waals surface area contributed by atoms with Gasteiger partial charge in [0.25, 0.3) is 0 Å². The van der Waals surface area contributed by atoms with E-state index in [9.17, 15) is 0 Å². The Kier molecular flexibility index (Phi) is 4.69. The summed E-state index contributed by atoms with van der Waals surface area (Å²) in [5, 5.41) is 0. The maximum Gasteiger partial charge on any atom is 0.0593 e. The number of aryl methyl sites for hydroxylation is 3. The minimum atomic E-state index is 0.215. The van der Waals surface area contributed by atoms with Crippen molar-refractivity contribution in [1.29, 1.82) is 0 Å². The van der Waals surface area contributed by atoms with Gasteiger partial charge in [0.2, 0.25) is 0 Å². The summed E-state index contributed by atoms with van der Waals surface area (Å²) in [5.41, 5.74) is 8.58. The molecule has 1 aromatic carbocycles. The predicted octanol–water partition coefficient (Wildman–Crippen LogP) is 3.90. The number of rotatable bonds is 4. The zero-order chi connectivity index (χ0) is 14.8. The lowest BCUT2D eigenvalue weighted by Gasteiger charge is -2.15. The molecule has 0 saturated carbocycles. The lowest BCUT2D eigenvalue weighted by atomic mass is 10.00. The predicted molar refractivity (Wildman–Crippen MR) is 93.9 cm³/mol. The fraction of sp³-hybridized carbons (Fsp3) is 0.412. The standard InChI is InChI=1S/C17H22N2S2/c1-11-3-4-13(7-12(11)2)8-15(19-18)17-9-14-10-20-6-5-16(14)21-17/h3-4,7,9,15,19H,5-6,8,10,18H2,1-2H3. The van der Waals surface area contributed by atoms with Crippen molar-refractivity contribution in [2.24, 2.45) is 5.84 Å². The molecule has 2 nitrogen and oxygen atoms in total. The average molecular weight is 319 g/mol. The van der Waals surface area contributed by atoms with E-state index in [0.29, 0.717) is 0 Å². The van der Waals surface area contributed by atoms with Gasteiger partial charge in [0.15, 0.2) is 0 Å². The fourth-order valence-corrected chi connectivity index (χ4v) is 5.19. The van der Waals surface area contributed by atoms with Crippen LogP contribution in [0.1, 0.15) is 38.0 Å². The molecule has 2 aromatic rings. The van der Waals surface area contributed by atoms with Gasteiger partial charge in [-0.1, -0.05) is 18.2 Å². The van der Waals surface area contributed by atoms with Crippen molar-refractivity contribution in [1.82, 2.24) is 5.43 Å². The third kappa shape index (κ3) is 3.34. The first-order valence-electron chi connectivity index (χ1n) is 7.39. The Morgan fingerprint density at radius 1 is 1.24 bits per heavy atom. The summed E-state index contributed by atoms with van der Waals surface area (Å²) in [7, 11) is 0. The maximum absolute atomic E-state index is 5.83. The molecule has 0 aliphatic carbocycles. The van der Waals surface area contributed by atoms with Gasteiger partial charge in [0.1, 0.15) is 0 Å². The minimum absolute atomic E-state index is 0.215. The summed E-state index contributed by atoms with van der Waals surface area (Å²) in [6.07, 6.45) is 2.16. The zero-order valence-corrected chi connectivity index (χ0v) is 14.2. The molecule has 0 radical (unpaired) electrons. The molecule has 1 unspecified atom stereocenters. The lowest BCUT2D eigenvalue weighted by molar-refractivity contribution is 0.560. The Morgan fingerprint density at radius 2 is 2.10 bits per heavy atom. The van der Waals surface area contributed by atoms with E-state index in [-0.39, 0.29) is 6.04 Å². The number of fused-ring (bicyclic) bond motifs is 1. The van der Waals surface area contributed by atoms with Crippen LogP contribution < -0.4 is 11.3 Å². The average Bonchev–Trinajstić information content (AvgIpc) is 2.92. The molecule has 112 valence electrons. The van der Waals surface area contributed by atoms with Crippen molar-refractivity contribution in [3.8, 4) is 0 Å². The number of benzene rings is 1. The first kappa shape index (κ1) is 15.1. The zero-order valence-electron chi connectivity index (χ0n) is 12.6. The Balaban J connectivity index is 1.81. The van der Waals surface area contributed by atoms with Crippen molar-refractivity contribution >= 4 is 23.1 Å². The van der Waals surface area contributed by atoms with Crippen LogP contribution in [0.15, 0.2) is 24.3 Å². The van der Waals surface area contributed by atoms with Crippen LogP contribution in [-0.4, -0.2) is 5.75 Å². The highest BCUT2D eigenvalue weighted by Gasteiger charge is 2.19. The van der Waals surface area contributed by atoms with Crippen molar-refractivity contribution in [3.05, 3.63) is 56.3 Å². The van der Waals surface area contributed by atoms with Gasteiger partial charge >= 0.3 is 0 Å². The van der Waals surface area contributed by atoms with Crippen molar-refractivity contribution < 1.29 is 0 Å². The highest BCUT2D eigenvalue weighted by atomic mass is 32.2. The van der Waals surface area contributed by atoms with Gasteiger partial charge in [-0.25, -0.2) is 0 Å². The second-order valence-electron chi connectivity index (χ2n) is 5.74. The highest BCUT2D eigenvalue weighted by molar-refractivity contribution is 7.98. The summed E-state index contributed by atoms with van der Waals surface area (Å²) in [5.74, 6) is 8.24. The monoisotopic (exact) mass is 318 g/mol. The number of thioether (sulfide) groups is 1. The third-order valence-corrected chi connectivity index (χ3v) is 6.56. The molecule has 3 rings (SSSR count). The first-order chi connectivity index (χ1) is 10.2. The quantitative estimate of drug-likeness (QED) is 0.663. The number of nitrogens with one attached hydrogen (secondary N) is 1. The summed E-state index contributed by atoms with van der Waals surface area (Å²) >= 11 is 3.97. The van der Waals surface area contributed by atoms with Crippen LogP contribution >= 0.6 is 23.1 Å². The van der Waals surface area contributed by atoms with Gasteiger partial charge in [-0.3, -0.25) is 11.3 Å². The molecule has 3 N–H and O–H groups in total. The molecule has 1 aliphatic heterocycles. The molecule has 1 atom stereocenters. The van der Waals surface area contributed by atoms with Gasteiger partial charge in [-0.05, 0) is 60.8 Å². The van der Waals surface area contributed by atoms with Crippen LogP contribution in [0, 0.1) is 13.8 Å². The Labute approximate surface area is 135 Å². The van der Waals surface area contributed by atoms with Gasteiger partial charge in [-0.2, -0.15) is 11.8 Å². The van der Waals surface area contributed by atoms with Gasteiger partial charge < -0.3 is 0 Å². The van der Waals surface area contributed by atoms with Gasteiger partial charge in [0.05, 0.1) is 6.04 Å². The summed E-state index contributed by atoms with van der Waals surface area (Å²) in [6, 6.07) is 9.28. The topological polar surface area (TPSA) is 38.0 Å². The maximum atomic E-state index is 5.83. The molecule has 0 saturated heterocycles. The van der Waals surface area contributed by atoms with E-state index in [2.05, 4.69) is 43.5 Å². The first-order valence-corrected chi connectivity index (χ1v) is 9.36. The van der Waals surface area contributed by atoms with Crippen LogP contribution in [0.2, 0.25) is 0 Å². The number of thiophene rings is 1. The van der Waals surface area contributed by atoms with Crippen LogP contribution in [0.25, 0.3) is 0 Å². The summed E-state index contributed by atoms with van der Waals surface area (Å²) < 4.78 is 0. The van der Waals surface area contributed by atoms with Crippen molar-refractivity contribution in [3.63, 3.8) is 0 Å². The SMILES string of the molecule is Cc1ccc(CC(NN)c2cc3c(s2)CCSC3)cc1C. The van der Waals surface area contributed by atoms with Crippen LogP contribution in [-0.2, 0) is 18.6 Å². The lowest BCUT2D eigenvalue weighted by Crippen LogP contribution is -2.29. The van der Waals surface area contributed by atoms with Gasteiger partial charge in [0, 0.05) is 15.5 Å². The molecule has 21 heavy (non-hydrogen) atoms. The molecule has 0 spiro atoms. The molecule has 0 bridgehead atoms. The van der Waals surface area contributed by atoms with Crippen molar-refractivity contribution in [2.45, 2.75) is 38.5 Å². The Bertz CT molecular complexity index is 610. The molecule has 1 aliphatic rings. The molecule has 0 amide bonds. The normalized spacial score (nSPS) is 15.8. The van der Waals surface area contributed by atoms with Crippen LogP contribution in [0.3, 0.4) is 0 Å². The van der Waals surface area contributed by atoms with E-state index in [1.807, 2.05) is 23.1 Å². The second-order valence-corrected chi connectivity index (χ2v) is 8.02. The summed E-state index contributed by atoms with van der Waals surface area (Å²) in [6.45, 7) is 4.33. The Morgan fingerprint density at radius 3 is 2.81 bits per heavy atom. The molecule has 2 heterocycles. The molecular formula is C17H22N2S2. The molecule has 1 aromatic heterocycles. The molecule has 4 heteroatoms. The van der Waals surface area contributed by atoms with E-state index in [0.717, 1.165) is 12.2 Å². The van der Waals surface area contributed by atoms with E-state index < -0.39 is 0 Å². The van der Waals surface area contributed by atoms with Crippen LogP contribution in [0.4, 0.5) is 0 Å². The minimum Gasteiger partial charge on any atom is -0.271 e. The molecular weight excluding hydrogens is 296 g/mol. The fourth-order valence-electron chi connectivity index (χ4n) is 2.75. The van der Waals surface area contributed by atoms with E-state index in [4.69, 9.17) is 5.84 Å². The highest BCUT2D eigenvalue weighted by Crippen LogP contribution is 2.35. The second kappa shape index (κ2) is 6.53. The van der Waals surface area contributed by atoms with Crippen molar-refractivity contribution in [2.75, 3.05) is 5.75 Å². The summed E-state index contributed by atoms with van der Waals surface area (Å²) in [4.78, 5) is 2.94. The largest absolute Gasteiger partial charge is 0.271 e. The number of hydrogen-bond acceptors (Lipinski definition) is 4. The van der Waals surface area contributed by atoms with Crippen LogP contribution in [0.5, 0.6) is 0 Å². The van der Waals surface area contributed by atoms with E-state index >= 15 is 0 Å². The van der Waals surface area contributed by atoms with E-state index in [1.165, 1.54) is 39.3 Å². The van der Waals surface area contributed by atoms with E-state index in [1.54, 1.807) is 4.88 Å². The number of hydrazine groups is 1. The smallest absolute Gasteiger partial charge is 0.0593 e. The number of nitrogens with two attached hydrogens (primary N) is 1. The third-order valence-electron chi connectivity index (χ3n) is 4.20. The molecule has 0 fully saturated rings. The Hall–Kier alpha value is -0.810. The van der Waals surface area contributed by atoms with Gasteiger partial charge in [-0.15, -0.1) is 11.3 Å². The number of hydrogen-bond donors (Lipinski definition) is 2.